The van der Waals surface area contributed by atoms with Crippen molar-refractivity contribution >= 4 is 51.0 Å². The van der Waals surface area contributed by atoms with E-state index in [1.54, 1.807) is 0 Å². The second-order valence-corrected chi connectivity index (χ2v) is 13.9. The number of aromatic amines is 1. The zero-order chi connectivity index (χ0) is 33.7. The van der Waals surface area contributed by atoms with E-state index in [0.29, 0.717) is 0 Å². The highest BCUT2D eigenvalue weighted by Gasteiger charge is 2.36. The number of anilines is 3. The van der Waals surface area contributed by atoms with Gasteiger partial charge in [0.25, 0.3) is 0 Å². The smallest absolute Gasteiger partial charge is 0.0503 e. The largest absolute Gasteiger partial charge is 0.355 e. The molecule has 240 valence electrons. The Morgan fingerprint density at radius 2 is 1.02 bits per heavy atom. The molecule has 1 aromatic heterocycles. The molecule has 2 heteroatoms. The number of benzene rings is 7. The van der Waals surface area contributed by atoms with E-state index in [9.17, 15) is 0 Å². The van der Waals surface area contributed by atoms with Crippen LogP contribution < -0.4 is 4.90 Å². The topological polar surface area (TPSA) is 19.0 Å². The van der Waals surface area contributed by atoms with Crippen LogP contribution in [0.2, 0.25) is 0 Å². The first-order valence-electron chi connectivity index (χ1n) is 17.5. The molecule has 0 unspecified atom stereocenters. The van der Waals surface area contributed by atoms with E-state index in [4.69, 9.17) is 0 Å². The predicted molar refractivity (Wildman–Crippen MR) is 212 cm³/mol. The Labute approximate surface area is 294 Å². The maximum atomic E-state index is 3.66. The SMILES string of the molecule is CC1(C)c2ccccc2N(c2ccccc2)c2ccc(/C=C/c3ccc4[nH]c5ccc(C(c6ccccc6)c6ccccc6)cc5c4c3)cc21. The molecule has 50 heavy (non-hydrogen) atoms. The number of nitrogens with zero attached hydrogens (tertiary/aromatic N) is 1. The molecule has 0 aliphatic carbocycles. The van der Waals surface area contributed by atoms with Crippen LogP contribution in [0.5, 0.6) is 0 Å². The van der Waals surface area contributed by atoms with Crippen molar-refractivity contribution in [2.75, 3.05) is 4.90 Å². The molecule has 8 aromatic rings. The van der Waals surface area contributed by atoms with Crippen LogP contribution in [0.15, 0.2) is 170 Å². The van der Waals surface area contributed by atoms with Crippen LogP contribution in [0, 0.1) is 0 Å². The molecule has 1 aliphatic heterocycles. The summed E-state index contributed by atoms with van der Waals surface area (Å²) in [4.78, 5) is 6.07. The summed E-state index contributed by atoms with van der Waals surface area (Å²) in [5, 5.41) is 2.49. The zero-order valence-electron chi connectivity index (χ0n) is 28.3. The van der Waals surface area contributed by atoms with E-state index in [0.717, 1.165) is 11.0 Å². The minimum absolute atomic E-state index is 0.140. The lowest BCUT2D eigenvalue weighted by molar-refractivity contribution is 0.631. The summed E-state index contributed by atoms with van der Waals surface area (Å²) in [5.74, 6) is 0.160. The number of rotatable bonds is 6. The Balaban J connectivity index is 1.09. The summed E-state index contributed by atoms with van der Waals surface area (Å²) in [6.45, 7) is 4.69. The molecule has 7 aromatic carbocycles. The van der Waals surface area contributed by atoms with Crippen LogP contribution in [0.1, 0.15) is 58.7 Å². The third kappa shape index (κ3) is 5.12. The van der Waals surface area contributed by atoms with Gasteiger partial charge in [0.1, 0.15) is 0 Å². The van der Waals surface area contributed by atoms with E-state index in [1.807, 2.05) is 0 Å². The third-order valence-corrected chi connectivity index (χ3v) is 10.5. The van der Waals surface area contributed by atoms with Crippen LogP contribution in [0.25, 0.3) is 34.0 Å². The van der Waals surface area contributed by atoms with Crippen molar-refractivity contribution in [2.24, 2.45) is 0 Å². The monoisotopic (exact) mass is 642 g/mol. The molecule has 0 bridgehead atoms. The highest BCUT2D eigenvalue weighted by Crippen LogP contribution is 2.52. The van der Waals surface area contributed by atoms with Crippen molar-refractivity contribution in [1.29, 1.82) is 0 Å². The fourth-order valence-electron chi connectivity index (χ4n) is 7.96. The van der Waals surface area contributed by atoms with Gasteiger partial charge >= 0.3 is 0 Å². The quantitative estimate of drug-likeness (QED) is 0.141. The highest BCUT2D eigenvalue weighted by molar-refractivity contribution is 6.08. The van der Waals surface area contributed by atoms with Gasteiger partial charge in [0.2, 0.25) is 0 Å². The Morgan fingerprint density at radius 3 is 1.72 bits per heavy atom. The molecule has 1 aliphatic rings. The van der Waals surface area contributed by atoms with Gasteiger partial charge in [0, 0.05) is 38.8 Å². The van der Waals surface area contributed by atoms with Crippen LogP contribution >= 0.6 is 0 Å². The number of hydrogen-bond donors (Lipinski definition) is 1. The molecule has 1 N–H and O–H groups in total. The van der Waals surface area contributed by atoms with Crippen LogP contribution in [-0.4, -0.2) is 4.98 Å². The maximum absolute atomic E-state index is 3.66. The lowest BCUT2D eigenvalue weighted by Crippen LogP contribution is -2.30. The first-order chi connectivity index (χ1) is 24.5. The van der Waals surface area contributed by atoms with Gasteiger partial charge < -0.3 is 9.88 Å². The van der Waals surface area contributed by atoms with Gasteiger partial charge in [0.15, 0.2) is 0 Å². The highest BCUT2D eigenvalue weighted by atomic mass is 15.2. The van der Waals surface area contributed by atoms with E-state index in [1.165, 1.54) is 66.8 Å². The lowest BCUT2D eigenvalue weighted by atomic mass is 9.73. The summed E-state index contributed by atoms with van der Waals surface area (Å²) >= 11 is 0. The number of aromatic nitrogens is 1. The van der Waals surface area contributed by atoms with E-state index >= 15 is 0 Å². The Morgan fingerprint density at radius 1 is 0.480 bits per heavy atom. The van der Waals surface area contributed by atoms with Gasteiger partial charge in [-0.3, -0.25) is 0 Å². The molecular formula is C48H38N2. The number of H-pyrrole nitrogens is 1. The molecular weight excluding hydrogens is 605 g/mol. The van der Waals surface area contributed by atoms with Crippen LogP contribution in [-0.2, 0) is 5.41 Å². The molecule has 0 radical (unpaired) electrons. The van der Waals surface area contributed by atoms with Gasteiger partial charge in [-0.15, -0.1) is 0 Å². The average molecular weight is 643 g/mol. The summed E-state index contributed by atoms with van der Waals surface area (Å²) in [7, 11) is 0. The molecule has 2 nitrogen and oxygen atoms in total. The number of fused-ring (bicyclic) bond motifs is 5. The van der Waals surface area contributed by atoms with Crippen LogP contribution in [0.3, 0.4) is 0 Å². The third-order valence-electron chi connectivity index (χ3n) is 10.5. The van der Waals surface area contributed by atoms with Crippen molar-refractivity contribution in [1.82, 2.24) is 4.98 Å². The van der Waals surface area contributed by atoms with Crippen molar-refractivity contribution in [2.45, 2.75) is 25.2 Å². The minimum Gasteiger partial charge on any atom is -0.355 e. The summed E-state index contributed by atoms with van der Waals surface area (Å²) < 4.78 is 0. The van der Waals surface area contributed by atoms with Crippen molar-refractivity contribution < 1.29 is 0 Å². The first-order valence-corrected chi connectivity index (χ1v) is 17.5. The average Bonchev–Trinajstić information content (AvgIpc) is 3.53. The molecule has 0 amide bonds. The second kappa shape index (κ2) is 12.1. The Kier molecular flexibility index (Phi) is 7.25. The maximum Gasteiger partial charge on any atom is 0.0503 e. The number of para-hydroxylation sites is 2. The van der Waals surface area contributed by atoms with Crippen molar-refractivity contribution in [3.8, 4) is 0 Å². The van der Waals surface area contributed by atoms with Gasteiger partial charge in [-0.05, 0) is 93.5 Å². The Bertz CT molecular complexity index is 2470. The molecule has 0 saturated carbocycles. The fraction of sp³-hybridized carbons (Fsp3) is 0.0833. The van der Waals surface area contributed by atoms with Gasteiger partial charge in [0.05, 0.1) is 11.4 Å². The summed E-state index contributed by atoms with van der Waals surface area (Å²) in [6, 6.07) is 61.8. The van der Waals surface area contributed by atoms with Gasteiger partial charge in [-0.2, -0.15) is 0 Å². The zero-order valence-corrected chi connectivity index (χ0v) is 28.3. The predicted octanol–water partition coefficient (Wildman–Crippen LogP) is 12.8. The molecule has 0 saturated heterocycles. The summed E-state index contributed by atoms with van der Waals surface area (Å²) in [5.41, 5.74) is 14.7. The molecule has 0 atom stereocenters. The molecule has 0 spiro atoms. The van der Waals surface area contributed by atoms with Crippen molar-refractivity contribution in [3.63, 3.8) is 0 Å². The Hall–Kier alpha value is -6.12. The van der Waals surface area contributed by atoms with Crippen LogP contribution in [0.4, 0.5) is 17.1 Å². The fourth-order valence-corrected chi connectivity index (χ4v) is 7.96. The van der Waals surface area contributed by atoms with Gasteiger partial charge in [-0.1, -0.05) is 141 Å². The number of hydrogen-bond acceptors (Lipinski definition) is 1. The minimum atomic E-state index is -0.140. The van der Waals surface area contributed by atoms with E-state index in [2.05, 4.69) is 206 Å². The number of nitrogens with one attached hydrogen (secondary N) is 1. The normalized spacial score (nSPS) is 13.6. The van der Waals surface area contributed by atoms with Gasteiger partial charge in [-0.25, -0.2) is 0 Å². The van der Waals surface area contributed by atoms with E-state index < -0.39 is 0 Å². The lowest BCUT2D eigenvalue weighted by Gasteiger charge is -2.42. The molecule has 0 fully saturated rings. The summed E-state index contributed by atoms with van der Waals surface area (Å²) in [6.07, 6.45) is 4.51. The molecule has 2 heterocycles. The standard InChI is InChI=1S/C48H38N2/c1-48(2)41-20-12-13-21-45(41)50(38-18-10-5-11-19-38)46-29-25-34(31-42(46)48)23-22-33-24-27-43-39(30-33)40-32-37(26-28-44(40)49-43)47(35-14-6-3-7-15-35)36-16-8-4-9-17-36/h3-32,47,49H,1-2H3/b23-22+. The first kappa shape index (κ1) is 30.0. The molecule has 9 rings (SSSR count). The van der Waals surface area contributed by atoms with Crippen molar-refractivity contribution in [3.05, 3.63) is 209 Å². The second-order valence-electron chi connectivity index (χ2n) is 13.9. The van der Waals surface area contributed by atoms with E-state index in [-0.39, 0.29) is 11.3 Å².